The van der Waals surface area contributed by atoms with Gasteiger partial charge in [0.1, 0.15) is 6.61 Å². The molecule has 0 fully saturated rings. The molecule has 0 aliphatic carbocycles. The van der Waals surface area contributed by atoms with Crippen LogP contribution in [0.2, 0.25) is 0 Å². The summed E-state index contributed by atoms with van der Waals surface area (Å²) in [6.07, 6.45) is -0.996. The van der Waals surface area contributed by atoms with Gasteiger partial charge in [-0.3, -0.25) is 14.9 Å². The predicted octanol–water partition coefficient (Wildman–Crippen LogP) is 2.90. The maximum absolute atomic E-state index is 11.1. The molecule has 21 heavy (non-hydrogen) atoms. The van der Waals surface area contributed by atoms with Crippen molar-refractivity contribution in [3.8, 4) is 5.75 Å². The van der Waals surface area contributed by atoms with Gasteiger partial charge in [0.25, 0.3) is 0 Å². The van der Waals surface area contributed by atoms with Crippen LogP contribution < -0.4 is 4.74 Å². The van der Waals surface area contributed by atoms with Gasteiger partial charge in [0, 0.05) is 16.1 Å². The summed E-state index contributed by atoms with van der Waals surface area (Å²) in [6, 6.07) is 2.75. The Morgan fingerprint density at radius 3 is 2.52 bits per heavy atom. The molecule has 0 bridgehead atoms. The molecule has 116 valence electrons. The second kappa shape index (κ2) is 6.40. The van der Waals surface area contributed by atoms with E-state index in [1.807, 2.05) is 0 Å². The lowest BCUT2D eigenvalue weighted by Crippen LogP contribution is -2.31. The number of halogens is 1. The SMILES string of the molecule is C[C@@H](O)c1cc(Br)cc([N+](=O)[O-])c1OCC(C)(C)C(=O)O. The monoisotopic (exact) mass is 361 g/mol. The Morgan fingerprint density at radius 1 is 1.52 bits per heavy atom. The Balaban J connectivity index is 3.26. The van der Waals surface area contributed by atoms with Crippen LogP contribution >= 0.6 is 15.9 Å². The molecule has 0 amide bonds. The van der Waals surface area contributed by atoms with Crippen molar-refractivity contribution in [2.45, 2.75) is 26.9 Å². The lowest BCUT2D eigenvalue weighted by molar-refractivity contribution is -0.386. The zero-order valence-electron chi connectivity index (χ0n) is 11.8. The third-order valence-corrected chi connectivity index (χ3v) is 3.32. The minimum Gasteiger partial charge on any atom is -0.485 e. The third kappa shape index (κ3) is 4.15. The molecule has 0 heterocycles. The van der Waals surface area contributed by atoms with Gasteiger partial charge in [-0.15, -0.1) is 0 Å². The summed E-state index contributed by atoms with van der Waals surface area (Å²) in [5.74, 6) is -1.20. The van der Waals surface area contributed by atoms with E-state index in [-0.39, 0.29) is 23.6 Å². The minimum atomic E-state index is -1.21. The van der Waals surface area contributed by atoms with Gasteiger partial charge in [-0.25, -0.2) is 0 Å². The second-order valence-corrected chi connectivity index (χ2v) is 6.17. The van der Waals surface area contributed by atoms with E-state index in [4.69, 9.17) is 9.84 Å². The standard InChI is InChI=1S/C13H16BrNO6/c1-7(16)9-4-8(14)5-10(15(19)20)11(9)21-6-13(2,3)12(17)18/h4-5,7,16H,6H2,1-3H3,(H,17,18)/t7-/m1/s1. The zero-order chi connectivity index (χ0) is 16.4. The van der Waals surface area contributed by atoms with Crippen molar-refractivity contribution in [1.29, 1.82) is 0 Å². The first-order chi connectivity index (χ1) is 9.56. The van der Waals surface area contributed by atoms with E-state index in [1.54, 1.807) is 0 Å². The van der Waals surface area contributed by atoms with Crippen molar-refractivity contribution in [1.82, 2.24) is 0 Å². The molecule has 0 saturated carbocycles. The van der Waals surface area contributed by atoms with Gasteiger partial charge >= 0.3 is 11.7 Å². The van der Waals surface area contributed by atoms with Crippen LogP contribution in [0.1, 0.15) is 32.4 Å². The number of benzene rings is 1. The number of hydrogen-bond acceptors (Lipinski definition) is 5. The molecule has 7 nitrogen and oxygen atoms in total. The molecule has 1 atom stereocenters. The maximum atomic E-state index is 11.1. The molecule has 0 spiro atoms. The van der Waals surface area contributed by atoms with Crippen molar-refractivity contribution < 1.29 is 24.7 Å². The Morgan fingerprint density at radius 2 is 2.10 bits per heavy atom. The second-order valence-electron chi connectivity index (χ2n) is 5.25. The van der Waals surface area contributed by atoms with Gasteiger partial charge < -0.3 is 14.9 Å². The molecule has 0 radical (unpaired) electrons. The average molecular weight is 362 g/mol. The zero-order valence-corrected chi connectivity index (χ0v) is 13.4. The Hall–Kier alpha value is -1.67. The van der Waals surface area contributed by atoms with Crippen LogP contribution in [0.4, 0.5) is 5.69 Å². The van der Waals surface area contributed by atoms with Gasteiger partial charge in [-0.1, -0.05) is 15.9 Å². The number of rotatable bonds is 6. The normalized spacial score (nSPS) is 12.8. The van der Waals surface area contributed by atoms with Crippen LogP contribution in [-0.2, 0) is 4.79 Å². The van der Waals surface area contributed by atoms with E-state index < -0.39 is 22.4 Å². The lowest BCUT2D eigenvalue weighted by Gasteiger charge is -2.21. The van der Waals surface area contributed by atoms with Crippen LogP contribution in [-0.4, -0.2) is 27.7 Å². The number of nitro groups is 1. The van der Waals surface area contributed by atoms with Crippen molar-refractivity contribution in [3.63, 3.8) is 0 Å². The van der Waals surface area contributed by atoms with E-state index in [9.17, 15) is 20.0 Å². The number of aliphatic hydroxyl groups excluding tert-OH is 1. The number of nitrogens with zero attached hydrogens (tertiary/aromatic N) is 1. The average Bonchev–Trinajstić information content (AvgIpc) is 2.35. The fraction of sp³-hybridized carbons (Fsp3) is 0.462. The number of ether oxygens (including phenoxy) is 1. The molecular weight excluding hydrogens is 346 g/mol. The van der Waals surface area contributed by atoms with Crippen molar-refractivity contribution in [2.24, 2.45) is 5.41 Å². The smallest absolute Gasteiger partial charge is 0.312 e. The molecule has 0 saturated heterocycles. The number of nitro benzene ring substituents is 1. The predicted molar refractivity (Wildman–Crippen MR) is 78.3 cm³/mol. The molecule has 1 aromatic rings. The van der Waals surface area contributed by atoms with Gasteiger partial charge in [-0.05, 0) is 26.8 Å². The summed E-state index contributed by atoms with van der Waals surface area (Å²) in [5, 5.41) is 29.9. The molecule has 1 rings (SSSR count). The van der Waals surface area contributed by atoms with Crippen LogP contribution in [0.15, 0.2) is 16.6 Å². The molecule has 1 aromatic carbocycles. The number of aliphatic carboxylic acids is 1. The first-order valence-corrected chi connectivity index (χ1v) is 6.87. The largest absolute Gasteiger partial charge is 0.485 e. The van der Waals surface area contributed by atoms with Crippen LogP contribution in [0.25, 0.3) is 0 Å². The van der Waals surface area contributed by atoms with Crippen molar-refractivity contribution in [3.05, 3.63) is 32.3 Å². The summed E-state index contributed by atoms with van der Waals surface area (Å²) >= 11 is 3.13. The summed E-state index contributed by atoms with van der Waals surface area (Å²) in [4.78, 5) is 21.5. The topological polar surface area (TPSA) is 110 Å². The summed E-state index contributed by atoms with van der Waals surface area (Å²) in [7, 11) is 0. The third-order valence-electron chi connectivity index (χ3n) is 2.87. The fourth-order valence-electron chi connectivity index (χ4n) is 1.52. The lowest BCUT2D eigenvalue weighted by atomic mass is 9.95. The van der Waals surface area contributed by atoms with Gasteiger partial charge in [-0.2, -0.15) is 0 Å². The Bertz CT molecular complexity index is 570. The van der Waals surface area contributed by atoms with Crippen LogP contribution in [0.3, 0.4) is 0 Å². The van der Waals surface area contributed by atoms with E-state index in [1.165, 1.54) is 32.9 Å². The highest BCUT2D eigenvalue weighted by Gasteiger charge is 2.31. The molecule has 0 aliphatic heterocycles. The van der Waals surface area contributed by atoms with Crippen molar-refractivity contribution in [2.75, 3.05) is 6.61 Å². The number of aliphatic hydroxyl groups is 1. The summed E-state index contributed by atoms with van der Waals surface area (Å²) < 4.78 is 5.79. The summed E-state index contributed by atoms with van der Waals surface area (Å²) in [6.45, 7) is 4.08. The number of carboxylic acid groups (broad SMARTS) is 1. The Kier molecular flexibility index (Phi) is 5.30. The van der Waals surface area contributed by atoms with E-state index in [0.717, 1.165) is 0 Å². The van der Waals surface area contributed by atoms with E-state index in [0.29, 0.717) is 4.47 Å². The highest BCUT2D eigenvalue weighted by Crippen LogP contribution is 2.38. The molecular formula is C13H16BrNO6. The number of carboxylic acids is 1. The maximum Gasteiger partial charge on any atom is 0.312 e. The van der Waals surface area contributed by atoms with Crippen molar-refractivity contribution >= 4 is 27.6 Å². The first-order valence-electron chi connectivity index (χ1n) is 6.08. The Labute approximate surface area is 129 Å². The van der Waals surface area contributed by atoms with E-state index in [2.05, 4.69) is 15.9 Å². The van der Waals surface area contributed by atoms with Gasteiger partial charge in [0.05, 0.1) is 16.4 Å². The highest BCUT2D eigenvalue weighted by atomic mass is 79.9. The molecule has 0 aliphatic rings. The van der Waals surface area contributed by atoms with Crippen LogP contribution in [0, 0.1) is 15.5 Å². The minimum absolute atomic E-state index is 0.118. The van der Waals surface area contributed by atoms with Gasteiger partial charge in [0.15, 0.2) is 0 Å². The molecule has 0 unspecified atom stereocenters. The molecule has 2 N–H and O–H groups in total. The van der Waals surface area contributed by atoms with E-state index >= 15 is 0 Å². The number of carbonyl (C=O) groups is 1. The highest BCUT2D eigenvalue weighted by molar-refractivity contribution is 9.10. The molecule has 0 aromatic heterocycles. The fourth-order valence-corrected chi connectivity index (χ4v) is 1.98. The van der Waals surface area contributed by atoms with Gasteiger partial charge in [0.2, 0.25) is 5.75 Å². The summed E-state index contributed by atoms with van der Waals surface area (Å²) in [5.41, 5.74) is -1.32. The molecule has 8 heteroatoms. The first kappa shape index (κ1) is 17.4. The number of hydrogen-bond donors (Lipinski definition) is 2. The quantitative estimate of drug-likeness (QED) is 0.595. The van der Waals surface area contributed by atoms with Crippen LogP contribution in [0.5, 0.6) is 5.75 Å².